The maximum Gasteiger partial charge on any atom is 0.335 e. The van der Waals surface area contributed by atoms with Crippen molar-refractivity contribution in [1.29, 1.82) is 0 Å². The molecule has 35 heavy (non-hydrogen) atoms. The molecule has 0 N–H and O–H groups in total. The van der Waals surface area contributed by atoms with E-state index in [-0.39, 0.29) is 0 Å². The van der Waals surface area contributed by atoms with Crippen molar-refractivity contribution in [3.63, 3.8) is 0 Å². The summed E-state index contributed by atoms with van der Waals surface area (Å²) in [5.41, 5.74) is 0. The molecule has 192 valence electrons. The van der Waals surface area contributed by atoms with Crippen LogP contribution >= 0.6 is 59.2 Å². The zero-order valence-electron chi connectivity index (χ0n) is 19.0. The van der Waals surface area contributed by atoms with Crippen LogP contribution in [0.3, 0.4) is 0 Å². The number of thioether (sulfide) groups is 1. The van der Waals surface area contributed by atoms with E-state index in [1.54, 1.807) is 24.3 Å². The van der Waals surface area contributed by atoms with Crippen LogP contribution in [-0.4, -0.2) is 62.9 Å². The van der Waals surface area contributed by atoms with Crippen molar-refractivity contribution >= 4 is 83.1 Å². The van der Waals surface area contributed by atoms with Crippen LogP contribution in [0.25, 0.3) is 0 Å². The van der Waals surface area contributed by atoms with Gasteiger partial charge in [-0.15, -0.1) is 12.6 Å². The highest BCUT2D eigenvalue weighted by Crippen LogP contribution is 2.31. The Bertz CT molecular complexity index is 938. The van der Waals surface area contributed by atoms with Crippen molar-refractivity contribution in [2.45, 2.75) is 20.4 Å². The Balaban J connectivity index is 0.000000544. The maximum absolute atomic E-state index is 11.4. The minimum absolute atomic E-state index is 0.468. The molecule has 0 saturated carbocycles. The summed E-state index contributed by atoms with van der Waals surface area (Å²) < 4.78 is 17.4. The minimum Gasteiger partial charge on any atom is -0.468 e. The van der Waals surface area contributed by atoms with E-state index in [0.29, 0.717) is 14.9 Å². The van der Waals surface area contributed by atoms with Crippen molar-refractivity contribution in [1.82, 2.24) is 0 Å². The van der Waals surface area contributed by atoms with Gasteiger partial charge in [-0.2, -0.15) is 0 Å². The Morgan fingerprint density at radius 3 is 1.46 bits per heavy atom. The Morgan fingerprint density at radius 1 is 0.714 bits per heavy atom. The zero-order chi connectivity index (χ0) is 27.0. The van der Waals surface area contributed by atoms with Crippen molar-refractivity contribution < 1.29 is 38.1 Å². The highest BCUT2D eigenvalue weighted by Gasteiger charge is 2.30. The number of carbonyl (C=O) groups is 4. The highest BCUT2D eigenvalue weighted by molar-refractivity contribution is 8.01. The summed E-state index contributed by atoms with van der Waals surface area (Å²) in [7, 11) is 4.71. The van der Waals surface area contributed by atoms with Gasteiger partial charge in [0.25, 0.3) is 0 Å². The summed E-state index contributed by atoms with van der Waals surface area (Å²) in [6.45, 7) is 0. The highest BCUT2D eigenvalue weighted by atomic mass is 35.5. The van der Waals surface area contributed by atoms with Gasteiger partial charge in [-0.3, -0.25) is 9.59 Å². The van der Waals surface area contributed by atoms with Crippen molar-refractivity contribution in [2.24, 2.45) is 0 Å². The predicted octanol–water partition coefficient (Wildman–Crippen LogP) is 4.72. The van der Waals surface area contributed by atoms with Gasteiger partial charge in [0, 0.05) is 9.79 Å². The SMILES string of the molecule is COC(=O)C(Cl)C(=O)OC.COC(=O)C(Sc1ccccc1Cl)C(=O)OC.Sc1ccccc1Cl. The van der Waals surface area contributed by atoms with Crippen LogP contribution in [0.2, 0.25) is 10.0 Å². The number of methoxy groups -OCH3 is 4. The van der Waals surface area contributed by atoms with Crippen LogP contribution in [0.4, 0.5) is 0 Å². The van der Waals surface area contributed by atoms with E-state index in [9.17, 15) is 19.2 Å². The lowest BCUT2D eigenvalue weighted by Gasteiger charge is -2.12. The second kappa shape index (κ2) is 18.2. The van der Waals surface area contributed by atoms with Gasteiger partial charge in [0.15, 0.2) is 0 Å². The molecule has 0 amide bonds. The average Bonchev–Trinajstić information content (AvgIpc) is 2.88. The molecule has 13 heteroatoms. The summed E-state index contributed by atoms with van der Waals surface area (Å²) >= 11 is 21.9. The first-order chi connectivity index (χ1) is 16.5. The molecular weight excluding hydrogens is 563 g/mol. The third-order valence-electron chi connectivity index (χ3n) is 3.58. The molecule has 0 aliphatic carbocycles. The molecule has 0 atom stereocenters. The zero-order valence-corrected chi connectivity index (χ0v) is 23.0. The smallest absolute Gasteiger partial charge is 0.335 e. The Kier molecular flexibility index (Phi) is 17.1. The molecular formula is C22H23Cl3O8S2. The van der Waals surface area contributed by atoms with E-state index >= 15 is 0 Å². The van der Waals surface area contributed by atoms with Crippen LogP contribution in [0.5, 0.6) is 0 Å². The fraction of sp³-hybridized carbons (Fsp3) is 0.273. The number of esters is 4. The third-order valence-corrected chi connectivity index (χ3v) is 6.46. The monoisotopic (exact) mass is 584 g/mol. The van der Waals surface area contributed by atoms with Crippen LogP contribution in [-0.2, 0) is 38.1 Å². The molecule has 0 unspecified atom stereocenters. The molecule has 0 bridgehead atoms. The minimum atomic E-state index is -1.35. The lowest BCUT2D eigenvalue weighted by atomic mass is 10.4. The fourth-order valence-electron chi connectivity index (χ4n) is 1.83. The first-order valence-electron chi connectivity index (χ1n) is 9.34. The molecule has 0 spiro atoms. The average molecular weight is 586 g/mol. The fourth-order valence-corrected chi connectivity index (χ4v) is 3.55. The number of ether oxygens (including phenoxy) is 4. The van der Waals surface area contributed by atoms with Crippen LogP contribution < -0.4 is 0 Å². The number of rotatable bonds is 6. The first kappa shape index (κ1) is 32.9. The second-order valence-corrected chi connectivity index (χ2v) is 8.71. The standard InChI is InChI=1S/C11H11ClO4S.C6H5ClS.C5H7ClO4/c1-15-10(13)9(11(14)16-2)17-8-6-4-3-5-7(8)12;7-5-3-1-2-4-6(5)8;1-9-4(7)3(6)5(8)10-2/h3-6,9H,1-2H3;1-4,8H;3H,1-2H3. The van der Waals surface area contributed by atoms with Gasteiger partial charge in [-0.05, 0) is 24.3 Å². The van der Waals surface area contributed by atoms with E-state index in [0.717, 1.165) is 30.9 Å². The van der Waals surface area contributed by atoms with E-state index in [2.05, 4.69) is 31.6 Å². The number of alkyl halides is 1. The summed E-state index contributed by atoms with van der Waals surface area (Å²) in [5.74, 6) is -2.95. The number of thiol groups is 1. The number of hydrogen-bond acceptors (Lipinski definition) is 10. The molecule has 2 rings (SSSR count). The Morgan fingerprint density at radius 2 is 1.11 bits per heavy atom. The van der Waals surface area contributed by atoms with Crippen molar-refractivity contribution in [2.75, 3.05) is 28.4 Å². The van der Waals surface area contributed by atoms with E-state index < -0.39 is 34.5 Å². The lowest BCUT2D eigenvalue weighted by Crippen LogP contribution is -2.29. The molecule has 2 aromatic rings. The van der Waals surface area contributed by atoms with Gasteiger partial charge in [0.05, 0.1) is 38.5 Å². The molecule has 0 aliphatic rings. The number of benzene rings is 2. The second-order valence-electron chi connectivity index (χ2n) is 5.83. The number of hydrogen-bond donors (Lipinski definition) is 1. The predicted molar refractivity (Wildman–Crippen MR) is 138 cm³/mol. The molecule has 0 saturated heterocycles. The van der Waals surface area contributed by atoms with Crippen molar-refractivity contribution in [3.8, 4) is 0 Å². The van der Waals surface area contributed by atoms with Crippen LogP contribution in [0, 0.1) is 0 Å². The lowest BCUT2D eigenvalue weighted by molar-refractivity contribution is -0.152. The Hall–Kier alpha value is -2.11. The topological polar surface area (TPSA) is 105 Å². The van der Waals surface area contributed by atoms with Crippen LogP contribution in [0.15, 0.2) is 58.3 Å². The molecule has 0 fully saturated rings. The summed E-state index contributed by atoms with van der Waals surface area (Å²) in [6, 6.07) is 14.4. The molecule has 0 heterocycles. The van der Waals surface area contributed by atoms with E-state index in [1.165, 1.54) is 14.2 Å². The van der Waals surface area contributed by atoms with Gasteiger partial charge in [-0.1, -0.05) is 70.8 Å². The molecule has 8 nitrogen and oxygen atoms in total. The van der Waals surface area contributed by atoms with E-state index in [1.807, 2.05) is 24.3 Å². The van der Waals surface area contributed by atoms with Gasteiger partial charge in [0.2, 0.25) is 10.6 Å². The largest absolute Gasteiger partial charge is 0.468 e. The number of carbonyl (C=O) groups excluding carboxylic acids is 4. The number of halogens is 3. The van der Waals surface area contributed by atoms with Crippen LogP contribution in [0.1, 0.15) is 0 Å². The van der Waals surface area contributed by atoms with Gasteiger partial charge in [-0.25, -0.2) is 9.59 Å². The molecule has 0 radical (unpaired) electrons. The third kappa shape index (κ3) is 12.4. The summed E-state index contributed by atoms with van der Waals surface area (Å²) in [6.07, 6.45) is 0. The molecule has 0 aliphatic heterocycles. The van der Waals surface area contributed by atoms with Gasteiger partial charge < -0.3 is 18.9 Å². The van der Waals surface area contributed by atoms with Crippen molar-refractivity contribution in [3.05, 3.63) is 58.6 Å². The van der Waals surface area contributed by atoms with E-state index in [4.69, 9.17) is 34.8 Å². The first-order valence-corrected chi connectivity index (χ1v) is 11.9. The molecule has 0 aromatic heterocycles. The van der Waals surface area contributed by atoms with Gasteiger partial charge in [0.1, 0.15) is 0 Å². The maximum atomic E-state index is 11.4. The summed E-state index contributed by atoms with van der Waals surface area (Å²) in [4.78, 5) is 45.2. The molecule has 2 aromatic carbocycles. The normalized spacial score (nSPS) is 9.66. The van der Waals surface area contributed by atoms with Gasteiger partial charge >= 0.3 is 23.9 Å². The summed E-state index contributed by atoms with van der Waals surface area (Å²) in [5, 5.41) is -1.24. The Labute approximate surface area is 227 Å². The quantitative estimate of drug-likeness (QED) is 0.129.